The van der Waals surface area contributed by atoms with Crippen LogP contribution in [0.3, 0.4) is 0 Å². The first-order chi connectivity index (χ1) is 8.86. The number of nitrogens with zero attached hydrogens (tertiary/aromatic N) is 1. The van der Waals surface area contributed by atoms with Gasteiger partial charge in [-0.15, -0.1) is 0 Å². The fraction of sp³-hybridized carbons (Fsp3) is 1.00. The quantitative estimate of drug-likeness (QED) is 0.632. The second kappa shape index (κ2) is 10.8. The van der Waals surface area contributed by atoms with E-state index in [1.54, 1.807) is 0 Å². The van der Waals surface area contributed by atoms with Crippen LogP contribution in [-0.4, -0.2) is 37.6 Å². The Balaban J connectivity index is 2.01. The summed E-state index contributed by atoms with van der Waals surface area (Å²) < 4.78 is 0. The Morgan fingerprint density at radius 2 is 1.89 bits per heavy atom. The highest BCUT2D eigenvalue weighted by Crippen LogP contribution is 2.21. The van der Waals surface area contributed by atoms with Crippen LogP contribution in [0.2, 0.25) is 0 Å². The van der Waals surface area contributed by atoms with E-state index in [9.17, 15) is 0 Å². The van der Waals surface area contributed by atoms with Gasteiger partial charge in [-0.3, -0.25) is 0 Å². The molecule has 1 saturated heterocycles. The van der Waals surface area contributed by atoms with Crippen LogP contribution in [0.15, 0.2) is 0 Å². The first-order valence-corrected chi connectivity index (χ1v) is 8.29. The zero-order valence-electron chi connectivity index (χ0n) is 12.7. The molecule has 108 valence electrons. The van der Waals surface area contributed by atoms with E-state index < -0.39 is 0 Å². The standard InChI is InChI=1S/C16H34N2/c1-3-8-16-9-7-14-18(15-10-16)13-6-5-12-17-11-4-2/h16-17H,3-15H2,1-2H3. The van der Waals surface area contributed by atoms with Gasteiger partial charge >= 0.3 is 0 Å². The molecule has 0 spiro atoms. The fourth-order valence-electron chi connectivity index (χ4n) is 3.03. The van der Waals surface area contributed by atoms with Crippen LogP contribution in [0.5, 0.6) is 0 Å². The molecule has 1 rings (SSSR count). The van der Waals surface area contributed by atoms with Gasteiger partial charge in [-0.25, -0.2) is 0 Å². The summed E-state index contributed by atoms with van der Waals surface area (Å²) in [6, 6.07) is 0. The van der Waals surface area contributed by atoms with Gasteiger partial charge in [0.05, 0.1) is 0 Å². The molecule has 0 aromatic rings. The van der Waals surface area contributed by atoms with Crippen molar-refractivity contribution < 1.29 is 0 Å². The summed E-state index contributed by atoms with van der Waals surface area (Å²) in [5, 5.41) is 3.49. The van der Waals surface area contributed by atoms with Crippen LogP contribution in [0.4, 0.5) is 0 Å². The molecule has 2 nitrogen and oxygen atoms in total. The number of unbranched alkanes of at least 4 members (excludes halogenated alkanes) is 1. The average Bonchev–Trinajstić information content (AvgIpc) is 2.60. The minimum Gasteiger partial charge on any atom is -0.317 e. The molecule has 0 aromatic carbocycles. The molecule has 0 aliphatic carbocycles. The summed E-state index contributed by atoms with van der Waals surface area (Å²) in [4.78, 5) is 2.70. The Morgan fingerprint density at radius 1 is 1.00 bits per heavy atom. The summed E-state index contributed by atoms with van der Waals surface area (Å²) in [6.07, 6.45) is 11.1. The first kappa shape index (κ1) is 16.0. The lowest BCUT2D eigenvalue weighted by Crippen LogP contribution is -2.27. The normalized spacial score (nSPS) is 22.0. The third-order valence-corrected chi connectivity index (χ3v) is 4.14. The predicted molar refractivity (Wildman–Crippen MR) is 81.1 cm³/mol. The third-order valence-electron chi connectivity index (χ3n) is 4.14. The highest BCUT2D eigenvalue weighted by molar-refractivity contribution is 4.70. The molecule has 2 heteroatoms. The highest BCUT2D eigenvalue weighted by Gasteiger charge is 2.15. The first-order valence-electron chi connectivity index (χ1n) is 8.29. The maximum Gasteiger partial charge on any atom is -0.00161 e. The summed E-state index contributed by atoms with van der Waals surface area (Å²) in [5.74, 6) is 1.02. The summed E-state index contributed by atoms with van der Waals surface area (Å²) in [7, 11) is 0. The number of rotatable bonds is 9. The topological polar surface area (TPSA) is 15.3 Å². The molecule has 1 aliphatic rings. The maximum absolute atomic E-state index is 3.49. The smallest absolute Gasteiger partial charge is 0.00161 e. The molecule has 1 atom stereocenters. The van der Waals surface area contributed by atoms with E-state index in [1.807, 2.05) is 0 Å². The maximum atomic E-state index is 3.49. The number of hydrogen-bond acceptors (Lipinski definition) is 2. The number of nitrogens with one attached hydrogen (secondary N) is 1. The van der Waals surface area contributed by atoms with Gasteiger partial charge in [-0.05, 0) is 77.2 Å². The van der Waals surface area contributed by atoms with Crippen molar-refractivity contribution in [2.24, 2.45) is 5.92 Å². The number of likely N-dealkylation sites (tertiary alicyclic amines) is 1. The van der Waals surface area contributed by atoms with Gasteiger partial charge < -0.3 is 10.2 Å². The lowest BCUT2D eigenvalue weighted by atomic mass is 9.96. The molecule has 0 saturated carbocycles. The Morgan fingerprint density at radius 3 is 2.67 bits per heavy atom. The Labute approximate surface area is 115 Å². The Hall–Kier alpha value is -0.0800. The van der Waals surface area contributed by atoms with Gasteiger partial charge in [-0.1, -0.05) is 26.7 Å². The van der Waals surface area contributed by atoms with Crippen LogP contribution in [0, 0.1) is 5.92 Å². The van der Waals surface area contributed by atoms with Crippen molar-refractivity contribution in [3.63, 3.8) is 0 Å². The second-order valence-corrected chi connectivity index (χ2v) is 5.88. The van der Waals surface area contributed by atoms with Crippen molar-refractivity contribution in [3.8, 4) is 0 Å². The van der Waals surface area contributed by atoms with Crippen molar-refractivity contribution in [2.45, 2.75) is 65.2 Å². The molecule has 18 heavy (non-hydrogen) atoms. The number of hydrogen-bond donors (Lipinski definition) is 1. The van der Waals surface area contributed by atoms with Crippen LogP contribution in [0.25, 0.3) is 0 Å². The lowest BCUT2D eigenvalue weighted by Gasteiger charge is -2.20. The van der Waals surface area contributed by atoms with Crippen molar-refractivity contribution in [1.82, 2.24) is 10.2 Å². The van der Waals surface area contributed by atoms with Crippen LogP contribution in [0.1, 0.15) is 65.2 Å². The van der Waals surface area contributed by atoms with Crippen LogP contribution >= 0.6 is 0 Å². The lowest BCUT2D eigenvalue weighted by molar-refractivity contribution is 0.273. The van der Waals surface area contributed by atoms with E-state index in [-0.39, 0.29) is 0 Å². The molecule has 0 amide bonds. The minimum atomic E-state index is 1.02. The van der Waals surface area contributed by atoms with Crippen LogP contribution in [-0.2, 0) is 0 Å². The van der Waals surface area contributed by atoms with Gasteiger partial charge in [0, 0.05) is 0 Å². The van der Waals surface area contributed by atoms with Crippen molar-refractivity contribution in [2.75, 3.05) is 32.7 Å². The fourth-order valence-corrected chi connectivity index (χ4v) is 3.03. The SMILES string of the molecule is CCCNCCCCN1CCCC(CCC)CC1. The van der Waals surface area contributed by atoms with E-state index in [4.69, 9.17) is 0 Å². The average molecular weight is 254 g/mol. The zero-order chi connectivity index (χ0) is 13.1. The minimum absolute atomic E-state index is 1.02. The molecular formula is C16H34N2. The van der Waals surface area contributed by atoms with E-state index in [0.717, 1.165) is 5.92 Å². The summed E-state index contributed by atoms with van der Waals surface area (Å²) >= 11 is 0. The molecule has 0 bridgehead atoms. The summed E-state index contributed by atoms with van der Waals surface area (Å²) in [6.45, 7) is 11.0. The molecular weight excluding hydrogens is 220 g/mol. The largest absolute Gasteiger partial charge is 0.317 e. The van der Waals surface area contributed by atoms with E-state index >= 15 is 0 Å². The molecule has 1 aliphatic heterocycles. The van der Waals surface area contributed by atoms with Gasteiger partial charge in [0.1, 0.15) is 0 Å². The Kier molecular flexibility index (Phi) is 9.59. The third kappa shape index (κ3) is 7.38. The van der Waals surface area contributed by atoms with E-state index in [1.165, 1.54) is 84.1 Å². The molecule has 1 heterocycles. The van der Waals surface area contributed by atoms with Crippen LogP contribution < -0.4 is 5.32 Å². The molecule has 1 fully saturated rings. The van der Waals surface area contributed by atoms with Gasteiger partial charge in [0.15, 0.2) is 0 Å². The zero-order valence-corrected chi connectivity index (χ0v) is 12.7. The second-order valence-electron chi connectivity index (χ2n) is 5.88. The van der Waals surface area contributed by atoms with E-state index in [0.29, 0.717) is 0 Å². The highest BCUT2D eigenvalue weighted by atomic mass is 15.1. The van der Waals surface area contributed by atoms with Crippen molar-refractivity contribution in [3.05, 3.63) is 0 Å². The molecule has 1 unspecified atom stereocenters. The van der Waals surface area contributed by atoms with E-state index in [2.05, 4.69) is 24.1 Å². The van der Waals surface area contributed by atoms with Gasteiger partial charge in [0.25, 0.3) is 0 Å². The van der Waals surface area contributed by atoms with Gasteiger partial charge in [-0.2, -0.15) is 0 Å². The molecule has 0 aromatic heterocycles. The van der Waals surface area contributed by atoms with Crippen molar-refractivity contribution in [1.29, 1.82) is 0 Å². The summed E-state index contributed by atoms with van der Waals surface area (Å²) in [5.41, 5.74) is 0. The predicted octanol–water partition coefficient (Wildman–Crippen LogP) is 3.67. The van der Waals surface area contributed by atoms with Gasteiger partial charge in [0.2, 0.25) is 0 Å². The monoisotopic (exact) mass is 254 g/mol. The van der Waals surface area contributed by atoms with Crippen molar-refractivity contribution >= 4 is 0 Å². The molecule has 1 N–H and O–H groups in total. The molecule has 0 radical (unpaired) electrons. The Bertz CT molecular complexity index is 182.